The minimum Gasteiger partial charge on any atom is -0.352 e. The molecule has 202 valence electrons. The number of aromatic nitrogens is 2. The van der Waals surface area contributed by atoms with Gasteiger partial charge in [-0.2, -0.15) is 0 Å². The maximum Gasteiger partial charge on any atom is 0.242 e. The fraction of sp³-hybridized carbons (Fsp3) is 0.607. The average molecular weight is 516 g/mol. The molecule has 9 heteroatoms. The SMILES string of the molecule is CCC[C@H](NC1CCc2cc(F)cc(F)c2C1)C(=O)Nc1cn(CC(=O)N[C@H](C)C2CCCCC2)cn1. The zero-order chi connectivity index (χ0) is 26.4. The molecule has 2 amide bonds. The van der Waals surface area contributed by atoms with Crippen LogP contribution in [-0.4, -0.2) is 39.5 Å². The minimum absolute atomic E-state index is 0.0661. The van der Waals surface area contributed by atoms with Crippen molar-refractivity contribution in [1.29, 1.82) is 0 Å². The quantitative estimate of drug-likeness (QED) is 0.435. The van der Waals surface area contributed by atoms with E-state index in [0.717, 1.165) is 25.3 Å². The molecule has 0 saturated heterocycles. The molecule has 1 aromatic heterocycles. The van der Waals surface area contributed by atoms with Crippen LogP contribution >= 0.6 is 0 Å². The summed E-state index contributed by atoms with van der Waals surface area (Å²) >= 11 is 0. The molecule has 3 N–H and O–H groups in total. The van der Waals surface area contributed by atoms with E-state index in [4.69, 9.17) is 0 Å². The lowest BCUT2D eigenvalue weighted by Crippen LogP contribution is -2.48. The topological polar surface area (TPSA) is 88.0 Å². The number of amides is 2. The summed E-state index contributed by atoms with van der Waals surface area (Å²) in [7, 11) is 0. The molecule has 1 heterocycles. The molecule has 0 radical (unpaired) electrons. The van der Waals surface area contributed by atoms with Crippen molar-refractivity contribution >= 4 is 17.6 Å². The summed E-state index contributed by atoms with van der Waals surface area (Å²) < 4.78 is 29.5. The number of nitrogens with zero attached hydrogens (tertiary/aromatic N) is 2. The number of carbonyl (C=O) groups excluding carboxylic acids is 2. The van der Waals surface area contributed by atoms with Crippen molar-refractivity contribution in [3.05, 3.63) is 47.4 Å². The van der Waals surface area contributed by atoms with Crippen LogP contribution in [-0.2, 0) is 29.0 Å². The maximum absolute atomic E-state index is 14.3. The first-order chi connectivity index (χ1) is 17.8. The predicted octanol–water partition coefficient (Wildman–Crippen LogP) is 4.50. The number of hydrogen-bond acceptors (Lipinski definition) is 4. The Morgan fingerprint density at radius 2 is 1.95 bits per heavy atom. The summed E-state index contributed by atoms with van der Waals surface area (Å²) in [6.45, 7) is 4.22. The summed E-state index contributed by atoms with van der Waals surface area (Å²) in [6.07, 6.45) is 12.4. The summed E-state index contributed by atoms with van der Waals surface area (Å²) in [5.74, 6) is -0.441. The van der Waals surface area contributed by atoms with Crippen molar-refractivity contribution in [1.82, 2.24) is 20.2 Å². The Morgan fingerprint density at radius 3 is 2.70 bits per heavy atom. The zero-order valence-corrected chi connectivity index (χ0v) is 21.9. The number of aryl methyl sites for hydroxylation is 1. The summed E-state index contributed by atoms with van der Waals surface area (Å²) in [6, 6.07) is 1.92. The molecule has 2 aliphatic rings. The van der Waals surface area contributed by atoms with Crippen LogP contribution in [0.1, 0.15) is 76.3 Å². The normalized spacial score (nSPS) is 19.6. The number of imidazole rings is 1. The van der Waals surface area contributed by atoms with Crippen molar-refractivity contribution in [2.75, 3.05) is 5.32 Å². The van der Waals surface area contributed by atoms with E-state index >= 15 is 0 Å². The van der Waals surface area contributed by atoms with E-state index in [2.05, 4.69) is 27.9 Å². The first kappa shape index (κ1) is 27.2. The molecule has 0 spiro atoms. The Kier molecular flexibility index (Phi) is 9.29. The van der Waals surface area contributed by atoms with Crippen molar-refractivity contribution in [2.24, 2.45) is 5.92 Å². The predicted molar refractivity (Wildman–Crippen MR) is 139 cm³/mol. The highest BCUT2D eigenvalue weighted by Crippen LogP contribution is 2.27. The smallest absolute Gasteiger partial charge is 0.242 e. The molecule has 2 aliphatic carbocycles. The molecular formula is C28H39F2N5O2. The number of anilines is 1. The van der Waals surface area contributed by atoms with Crippen LogP contribution in [0.5, 0.6) is 0 Å². The number of hydrogen-bond donors (Lipinski definition) is 3. The highest BCUT2D eigenvalue weighted by molar-refractivity contribution is 5.94. The monoisotopic (exact) mass is 515 g/mol. The summed E-state index contributed by atoms with van der Waals surface area (Å²) in [4.78, 5) is 29.9. The van der Waals surface area contributed by atoms with Gasteiger partial charge in [0.2, 0.25) is 11.8 Å². The van der Waals surface area contributed by atoms with E-state index in [1.54, 1.807) is 17.1 Å². The van der Waals surface area contributed by atoms with Gasteiger partial charge in [-0.05, 0) is 68.6 Å². The van der Waals surface area contributed by atoms with Crippen LogP contribution in [0, 0.1) is 17.6 Å². The Hall–Kier alpha value is -2.81. The van der Waals surface area contributed by atoms with Gasteiger partial charge in [0.1, 0.15) is 18.2 Å². The molecule has 2 aromatic rings. The van der Waals surface area contributed by atoms with Gasteiger partial charge < -0.3 is 20.5 Å². The number of halogens is 2. The average Bonchev–Trinajstić information content (AvgIpc) is 3.30. The highest BCUT2D eigenvalue weighted by Gasteiger charge is 2.27. The Bertz CT molecular complexity index is 1080. The molecule has 0 bridgehead atoms. The van der Waals surface area contributed by atoms with Gasteiger partial charge in [-0.3, -0.25) is 9.59 Å². The third-order valence-electron chi connectivity index (χ3n) is 7.75. The van der Waals surface area contributed by atoms with E-state index in [0.29, 0.717) is 48.5 Å². The molecular weight excluding hydrogens is 476 g/mol. The Labute approximate surface area is 217 Å². The van der Waals surface area contributed by atoms with E-state index < -0.39 is 17.7 Å². The van der Waals surface area contributed by atoms with Crippen LogP contribution in [0.2, 0.25) is 0 Å². The second kappa shape index (κ2) is 12.6. The molecule has 1 aromatic carbocycles. The van der Waals surface area contributed by atoms with Gasteiger partial charge in [-0.15, -0.1) is 0 Å². The van der Waals surface area contributed by atoms with Gasteiger partial charge in [-0.1, -0.05) is 32.6 Å². The molecule has 0 aliphatic heterocycles. The molecule has 1 saturated carbocycles. The second-order valence-corrected chi connectivity index (χ2v) is 10.6. The van der Waals surface area contributed by atoms with Gasteiger partial charge in [0.15, 0.2) is 5.82 Å². The van der Waals surface area contributed by atoms with Crippen LogP contribution in [0.4, 0.5) is 14.6 Å². The van der Waals surface area contributed by atoms with Gasteiger partial charge in [-0.25, -0.2) is 13.8 Å². The van der Waals surface area contributed by atoms with Crippen LogP contribution < -0.4 is 16.0 Å². The van der Waals surface area contributed by atoms with E-state index in [9.17, 15) is 18.4 Å². The van der Waals surface area contributed by atoms with Crippen molar-refractivity contribution in [2.45, 2.75) is 103 Å². The fourth-order valence-electron chi connectivity index (χ4n) is 5.73. The lowest BCUT2D eigenvalue weighted by molar-refractivity contribution is -0.122. The van der Waals surface area contributed by atoms with Gasteiger partial charge in [0.05, 0.1) is 12.4 Å². The fourth-order valence-corrected chi connectivity index (χ4v) is 5.73. The first-order valence-electron chi connectivity index (χ1n) is 13.7. The molecule has 3 atom stereocenters. The number of fused-ring (bicyclic) bond motifs is 1. The van der Waals surface area contributed by atoms with Gasteiger partial charge >= 0.3 is 0 Å². The van der Waals surface area contributed by atoms with Crippen LogP contribution in [0.25, 0.3) is 0 Å². The molecule has 37 heavy (non-hydrogen) atoms. The van der Waals surface area contributed by atoms with E-state index in [-0.39, 0.29) is 30.4 Å². The van der Waals surface area contributed by atoms with Crippen molar-refractivity contribution in [3.8, 4) is 0 Å². The number of rotatable bonds is 10. The first-order valence-corrected chi connectivity index (χ1v) is 13.7. The molecule has 1 unspecified atom stereocenters. The lowest BCUT2D eigenvalue weighted by atomic mass is 9.84. The van der Waals surface area contributed by atoms with Crippen molar-refractivity contribution < 1.29 is 18.4 Å². The Morgan fingerprint density at radius 1 is 1.16 bits per heavy atom. The van der Waals surface area contributed by atoms with Gasteiger partial charge in [0, 0.05) is 24.3 Å². The molecule has 7 nitrogen and oxygen atoms in total. The maximum atomic E-state index is 14.3. The van der Waals surface area contributed by atoms with Gasteiger partial charge in [0.25, 0.3) is 0 Å². The largest absolute Gasteiger partial charge is 0.352 e. The summed E-state index contributed by atoms with van der Waals surface area (Å²) in [5.41, 5.74) is 1.23. The highest BCUT2D eigenvalue weighted by atomic mass is 19.1. The van der Waals surface area contributed by atoms with Crippen LogP contribution in [0.15, 0.2) is 24.7 Å². The molecule has 4 rings (SSSR count). The number of benzene rings is 1. The third kappa shape index (κ3) is 7.37. The zero-order valence-electron chi connectivity index (χ0n) is 21.9. The molecule has 1 fully saturated rings. The number of nitrogens with one attached hydrogen (secondary N) is 3. The Balaban J connectivity index is 1.29. The van der Waals surface area contributed by atoms with E-state index in [1.165, 1.54) is 25.3 Å². The van der Waals surface area contributed by atoms with Crippen molar-refractivity contribution in [3.63, 3.8) is 0 Å². The summed E-state index contributed by atoms with van der Waals surface area (Å²) in [5, 5.41) is 9.34. The third-order valence-corrected chi connectivity index (χ3v) is 7.75. The standard InChI is InChI=1S/C28H39F2N5O2/c1-3-7-25(33-22-11-10-20-12-21(29)13-24(30)23(20)14-22)28(37)34-26-15-35(17-31-26)16-27(36)32-18(2)19-8-5-4-6-9-19/h12-13,15,17-19,22,25,33H,3-11,14,16H2,1-2H3,(H,32,36)(H,34,37)/t18-,22?,25+/m1/s1. The number of carbonyl (C=O) groups is 2. The second-order valence-electron chi connectivity index (χ2n) is 10.6. The lowest BCUT2D eigenvalue weighted by Gasteiger charge is -2.29. The van der Waals surface area contributed by atoms with E-state index in [1.807, 2.05) is 6.92 Å². The van der Waals surface area contributed by atoms with Crippen LogP contribution in [0.3, 0.4) is 0 Å². The minimum atomic E-state index is -0.554.